The van der Waals surface area contributed by atoms with Crippen LogP contribution in [0.2, 0.25) is 0 Å². The van der Waals surface area contributed by atoms with E-state index in [0.29, 0.717) is 5.75 Å². The highest BCUT2D eigenvalue weighted by molar-refractivity contribution is 5.95. The number of ether oxygens (including phenoxy) is 1. The molecule has 0 fully saturated rings. The van der Waals surface area contributed by atoms with Crippen molar-refractivity contribution >= 4 is 11.8 Å². The van der Waals surface area contributed by atoms with Crippen LogP contribution in [0.15, 0.2) is 24.3 Å². The molecule has 0 radical (unpaired) electrons. The molecule has 1 N–H and O–H groups in total. The minimum absolute atomic E-state index is 0.149. The third-order valence-electron chi connectivity index (χ3n) is 1.91. The minimum atomic E-state index is -1.09. The number of Topliss-reactive ketones (excluding diaryl/α,β-unsaturated/α-hetero) is 1. The smallest absolute Gasteiger partial charge is 0.310 e. The second kappa shape index (κ2) is 5.14. The zero-order valence-electron chi connectivity index (χ0n) is 8.40. The lowest BCUT2D eigenvalue weighted by Crippen LogP contribution is -2.09. The van der Waals surface area contributed by atoms with Gasteiger partial charge in [-0.05, 0) is 17.7 Å². The van der Waals surface area contributed by atoms with Gasteiger partial charge in [-0.3, -0.25) is 9.59 Å². The average Bonchev–Trinajstić information content (AvgIpc) is 2.17. The number of carboxylic acids is 1. The molecule has 0 aromatic heterocycles. The summed E-state index contributed by atoms with van der Waals surface area (Å²) in [4.78, 5) is 21.4. The number of carbonyl (C=O) groups excluding carboxylic acids is 1. The highest BCUT2D eigenvalue weighted by Gasteiger charge is 2.08. The predicted molar refractivity (Wildman–Crippen MR) is 54.0 cm³/mol. The highest BCUT2D eigenvalue weighted by Crippen LogP contribution is 2.12. The van der Waals surface area contributed by atoms with Gasteiger partial charge in [0, 0.05) is 6.42 Å². The molecule has 0 spiro atoms. The van der Waals surface area contributed by atoms with E-state index in [-0.39, 0.29) is 12.2 Å². The van der Waals surface area contributed by atoms with Crippen LogP contribution in [0.25, 0.3) is 0 Å². The zero-order chi connectivity index (χ0) is 11.3. The molecule has 0 atom stereocenters. The first kappa shape index (κ1) is 11.2. The first-order valence-electron chi connectivity index (χ1n) is 4.48. The molecule has 0 saturated carbocycles. The van der Waals surface area contributed by atoms with E-state index in [1.165, 1.54) is 0 Å². The summed E-state index contributed by atoms with van der Waals surface area (Å²) in [7, 11) is 1.56. The van der Waals surface area contributed by atoms with E-state index in [4.69, 9.17) is 9.84 Å². The van der Waals surface area contributed by atoms with Crippen LogP contribution in [-0.2, 0) is 16.0 Å². The van der Waals surface area contributed by atoms with E-state index in [1.807, 2.05) is 0 Å². The number of rotatable bonds is 5. The average molecular weight is 208 g/mol. The number of hydrogen-bond acceptors (Lipinski definition) is 3. The quantitative estimate of drug-likeness (QED) is 0.740. The maximum absolute atomic E-state index is 11.2. The Morgan fingerprint density at radius 3 is 2.33 bits per heavy atom. The van der Waals surface area contributed by atoms with Crippen LogP contribution < -0.4 is 4.74 Å². The van der Waals surface area contributed by atoms with Gasteiger partial charge >= 0.3 is 5.97 Å². The molecule has 0 heterocycles. The predicted octanol–water partition coefficient (Wildman–Crippen LogP) is 1.28. The molecule has 0 saturated heterocycles. The first-order valence-corrected chi connectivity index (χ1v) is 4.48. The van der Waals surface area contributed by atoms with Crippen molar-refractivity contribution in [3.63, 3.8) is 0 Å². The van der Waals surface area contributed by atoms with Crippen molar-refractivity contribution in [3.05, 3.63) is 29.8 Å². The highest BCUT2D eigenvalue weighted by atomic mass is 16.5. The van der Waals surface area contributed by atoms with E-state index in [1.54, 1.807) is 31.4 Å². The number of aliphatic carboxylic acids is 1. The Kier molecular flexibility index (Phi) is 3.85. The molecule has 0 aliphatic carbocycles. The molecule has 1 aromatic carbocycles. The summed E-state index contributed by atoms with van der Waals surface area (Å²) in [6.07, 6.45) is -0.275. The van der Waals surface area contributed by atoms with Gasteiger partial charge in [-0.15, -0.1) is 0 Å². The second-order valence-electron chi connectivity index (χ2n) is 3.13. The first-order chi connectivity index (χ1) is 7.11. The number of benzene rings is 1. The third-order valence-corrected chi connectivity index (χ3v) is 1.91. The van der Waals surface area contributed by atoms with Crippen LogP contribution in [0.3, 0.4) is 0 Å². The fourth-order valence-corrected chi connectivity index (χ4v) is 1.20. The molecular weight excluding hydrogens is 196 g/mol. The number of methoxy groups -OCH3 is 1. The van der Waals surface area contributed by atoms with E-state index >= 15 is 0 Å². The van der Waals surface area contributed by atoms with E-state index in [9.17, 15) is 9.59 Å². The molecular formula is C11H12O4. The summed E-state index contributed by atoms with van der Waals surface area (Å²) in [5, 5.41) is 8.40. The van der Waals surface area contributed by atoms with Crippen molar-refractivity contribution in [3.8, 4) is 5.75 Å². The third kappa shape index (κ3) is 3.81. The summed E-state index contributed by atoms with van der Waals surface area (Å²) in [6.45, 7) is 0. The molecule has 0 bridgehead atoms. The summed E-state index contributed by atoms with van der Waals surface area (Å²) >= 11 is 0. The van der Waals surface area contributed by atoms with E-state index in [2.05, 4.69) is 0 Å². The Morgan fingerprint density at radius 2 is 1.87 bits per heavy atom. The summed E-state index contributed by atoms with van der Waals surface area (Å²) in [6, 6.07) is 6.98. The number of carbonyl (C=O) groups is 2. The van der Waals surface area contributed by atoms with Gasteiger partial charge in [0.2, 0.25) is 0 Å². The monoisotopic (exact) mass is 208 g/mol. The van der Waals surface area contributed by atoms with Crippen molar-refractivity contribution < 1.29 is 19.4 Å². The molecule has 1 rings (SSSR count). The fourth-order valence-electron chi connectivity index (χ4n) is 1.20. The van der Waals surface area contributed by atoms with Gasteiger partial charge in [0.1, 0.15) is 18.0 Å². The van der Waals surface area contributed by atoms with Crippen LogP contribution in [-0.4, -0.2) is 24.0 Å². The fraction of sp³-hybridized carbons (Fsp3) is 0.273. The van der Waals surface area contributed by atoms with Gasteiger partial charge < -0.3 is 9.84 Å². The van der Waals surface area contributed by atoms with E-state index in [0.717, 1.165) is 5.56 Å². The lowest BCUT2D eigenvalue weighted by molar-refractivity contribution is -0.140. The van der Waals surface area contributed by atoms with Crippen LogP contribution in [0.1, 0.15) is 12.0 Å². The largest absolute Gasteiger partial charge is 0.497 e. The molecule has 1 aromatic rings. The molecule has 0 aliphatic heterocycles. The van der Waals surface area contributed by atoms with Crippen molar-refractivity contribution in [1.82, 2.24) is 0 Å². The molecule has 0 aliphatic rings. The SMILES string of the molecule is COc1ccc(CC(=O)CC(=O)O)cc1. The molecule has 4 heteroatoms. The van der Waals surface area contributed by atoms with Gasteiger partial charge in [-0.1, -0.05) is 12.1 Å². The van der Waals surface area contributed by atoms with Crippen molar-refractivity contribution in [1.29, 1.82) is 0 Å². The Balaban J connectivity index is 2.57. The Bertz CT molecular complexity index is 353. The lowest BCUT2D eigenvalue weighted by Gasteiger charge is -2.01. The van der Waals surface area contributed by atoms with Crippen molar-refractivity contribution in [2.45, 2.75) is 12.8 Å². The standard InChI is InChI=1S/C11H12O4/c1-15-10-4-2-8(3-5-10)6-9(12)7-11(13)14/h2-5H,6-7H2,1H3,(H,13,14). The second-order valence-corrected chi connectivity index (χ2v) is 3.13. The molecule has 80 valence electrons. The lowest BCUT2D eigenvalue weighted by atomic mass is 10.1. The Labute approximate surface area is 87.5 Å². The Morgan fingerprint density at radius 1 is 1.27 bits per heavy atom. The molecule has 15 heavy (non-hydrogen) atoms. The van der Waals surface area contributed by atoms with E-state index < -0.39 is 12.4 Å². The maximum Gasteiger partial charge on any atom is 0.310 e. The van der Waals surface area contributed by atoms with Crippen molar-refractivity contribution in [2.24, 2.45) is 0 Å². The molecule has 0 unspecified atom stereocenters. The minimum Gasteiger partial charge on any atom is -0.497 e. The van der Waals surface area contributed by atoms with Gasteiger partial charge in [0.05, 0.1) is 7.11 Å². The maximum atomic E-state index is 11.2. The Hall–Kier alpha value is -1.84. The summed E-state index contributed by atoms with van der Waals surface area (Å²) < 4.78 is 4.96. The molecule has 0 amide bonds. The van der Waals surface area contributed by atoms with Crippen molar-refractivity contribution in [2.75, 3.05) is 7.11 Å². The zero-order valence-corrected chi connectivity index (χ0v) is 8.40. The normalized spacial score (nSPS) is 9.67. The van der Waals surface area contributed by atoms with Crippen LogP contribution in [0.5, 0.6) is 5.75 Å². The van der Waals surface area contributed by atoms with Gasteiger partial charge in [-0.25, -0.2) is 0 Å². The van der Waals surface area contributed by atoms with Crippen LogP contribution in [0.4, 0.5) is 0 Å². The van der Waals surface area contributed by atoms with Crippen LogP contribution in [0, 0.1) is 0 Å². The summed E-state index contributed by atoms with van der Waals surface area (Å²) in [5.41, 5.74) is 0.794. The number of ketones is 1. The van der Waals surface area contributed by atoms with Gasteiger partial charge in [-0.2, -0.15) is 0 Å². The topological polar surface area (TPSA) is 63.6 Å². The van der Waals surface area contributed by atoms with Gasteiger partial charge in [0.25, 0.3) is 0 Å². The number of carboxylic acid groups (broad SMARTS) is 1. The molecule has 4 nitrogen and oxygen atoms in total. The summed E-state index contributed by atoms with van der Waals surface area (Å²) in [5.74, 6) is -0.675. The van der Waals surface area contributed by atoms with Gasteiger partial charge in [0.15, 0.2) is 0 Å². The number of hydrogen-bond donors (Lipinski definition) is 1. The van der Waals surface area contributed by atoms with Crippen LogP contribution >= 0.6 is 0 Å².